The monoisotopic (exact) mass is 891 g/mol. The summed E-state index contributed by atoms with van der Waals surface area (Å²) in [4.78, 5) is 2.43. The molecule has 11 aromatic rings. The summed E-state index contributed by atoms with van der Waals surface area (Å²) in [5, 5.41) is 0. The molecule has 2 aliphatic carbocycles. The highest BCUT2D eigenvalue weighted by Gasteiger charge is 2.46. The summed E-state index contributed by atoms with van der Waals surface area (Å²) in [7, 11) is 0. The Morgan fingerprint density at radius 1 is 0.257 bits per heavy atom. The van der Waals surface area contributed by atoms with E-state index in [0.717, 1.165) is 17.1 Å². The van der Waals surface area contributed by atoms with Gasteiger partial charge in [0, 0.05) is 22.4 Å². The van der Waals surface area contributed by atoms with Crippen molar-refractivity contribution < 1.29 is 0 Å². The first-order valence-corrected chi connectivity index (χ1v) is 24.4. The zero-order valence-electron chi connectivity index (χ0n) is 39.0. The van der Waals surface area contributed by atoms with E-state index in [-0.39, 0.29) is 5.41 Å². The fourth-order valence-corrected chi connectivity index (χ4v) is 11.9. The third-order valence-corrected chi connectivity index (χ3v) is 15.3. The van der Waals surface area contributed by atoms with Crippen molar-refractivity contribution >= 4 is 17.1 Å². The van der Waals surface area contributed by atoms with Crippen molar-refractivity contribution in [2.45, 2.75) is 17.8 Å². The summed E-state index contributed by atoms with van der Waals surface area (Å²) >= 11 is 0. The summed E-state index contributed by atoms with van der Waals surface area (Å²) in [5.41, 5.74) is 23.9. The molecule has 11 aromatic carbocycles. The van der Waals surface area contributed by atoms with Gasteiger partial charge in [0.2, 0.25) is 0 Å². The van der Waals surface area contributed by atoms with Crippen molar-refractivity contribution in [3.8, 4) is 55.6 Å². The first-order valence-electron chi connectivity index (χ1n) is 24.4. The molecule has 0 radical (unpaired) electrons. The van der Waals surface area contributed by atoms with Gasteiger partial charge in [0.1, 0.15) is 0 Å². The Balaban J connectivity index is 0.945. The average Bonchev–Trinajstić information content (AvgIpc) is 3.89. The molecule has 0 saturated heterocycles. The lowest BCUT2D eigenvalue weighted by molar-refractivity contribution is 0.714. The van der Waals surface area contributed by atoms with E-state index in [1.807, 2.05) is 0 Å². The Hall–Kier alpha value is -8.78. The summed E-state index contributed by atoms with van der Waals surface area (Å²) < 4.78 is 0. The number of benzene rings is 11. The van der Waals surface area contributed by atoms with Crippen LogP contribution < -0.4 is 4.90 Å². The van der Waals surface area contributed by atoms with Gasteiger partial charge in [0.05, 0.1) is 11.1 Å². The Bertz CT molecular complexity index is 3650. The zero-order chi connectivity index (χ0) is 46.7. The van der Waals surface area contributed by atoms with E-state index in [9.17, 15) is 0 Å². The number of hydrogen-bond donors (Lipinski definition) is 0. The van der Waals surface area contributed by atoms with Gasteiger partial charge in [-0.3, -0.25) is 0 Å². The summed E-state index contributed by atoms with van der Waals surface area (Å²) in [6.45, 7) is 2.40. The van der Waals surface area contributed by atoms with Crippen LogP contribution in [0.4, 0.5) is 17.1 Å². The number of rotatable bonds is 9. The molecule has 330 valence electrons. The molecule has 0 aromatic heterocycles. The molecule has 70 heavy (non-hydrogen) atoms. The first-order chi connectivity index (χ1) is 34.6. The largest absolute Gasteiger partial charge is 0.310 e. The van der Waals surface area contributed by atoms with Crippen LogP contribution in [0.5, 0.6) is 0 Å². The molecule has 1 unspecified atom stereocenters. The van der Waals surface area contributed by atoms with Gasteiger partial charge in [-0.2, -0.15) is 0 Å². The van der Waals surface area contributed by atoms with E-state index in [0.29, 0.717) is 0 Å². The van der Waals surface area contributed by atoms with Gasteiger partial charge in [-0.1, -0.05) is 237 Å². The molecule has 1 nitrogen and oxygen atoms in total. The maximum atomic E-state index is 2.46. The van der Waals surface area contributed by atoms with Gasteiger partial charge in [0.25, 0.3) is 0 Å². The van der Waals surface area contributed by atoms with Gasteiger partial charge >= 0.3 is 0 Å². The zero-order valence-corrected chi connectivity index (χ0v) is 39.0. The van der Waals surface area contributed by atoms with E-state index in [1.54, 1.807) is 0 Å². The number of fused-ring (bicyclic) bond motifs is 6. The van der Waals surface area contributed by atoms with Gasteiger partial charge in [-0.05, 0) is 138 Å². The normalized spacial score (nSPS) is 14.8. The Morgan fingerprint density at radius 3 is 1.24 bits per heavy atom. The van der Waals surface area contributed by atoms with Crippen molar-refractivity contribution in [3.05, 3.63) is 318 Å². The fraction of sp³-hybridized carbons (Fsp3) is 0.0435. The molecule has 0 spiro atoms. The molecular formula is C69H49N. The lowest BCUT2D eigenvalue weighted by atomic mass is 9.67. The van der Waals surface area contributed by atoms with Gasteiger partial charge in [-0.15, -0.1) is 0 Å². The van der Waals surface area contributed by atoms with Crippen molar-refractivity contribution in [1.29, 1.82) is 0 Å². The van der Waals surface area contributed by atoms with Crippen LogP contribution in [0.3, 0.4) is 0 Å². The molecule has 0 N–H and O–H groups in total. The standard InChI is InChI=1S/C69H49N/c1-68(53-22-8-3-9-23-53)63-31-17-14-29-59(63)61-45-39-52(47-65(61)68)58-28-16-19-33-67(58)70(56-40-34-49(35-41-56)48-20-6-2-7-21-48)57-42-36-50(37-43-57)51-38-44-62-60-30-15-18-32-64(60)69(66(62)46-51,54-24-10-4-11-25-54)55-26-12-5-13-27-55/h2-47H,1H3. The predicted octanol–water partition coefficient (Wildman–Crippen LogP) is 17.9. The van der Waals surface area contributed by atoms with E-state index >= 15 is 0 Å². The van der Waals surface area contributed by atoms with Crippen molar-refractivity contribution in [3.63, 3.8) is 0 Å². The average molecular weight is 892 g/mol. The molecule has 1 heteroatoms. The first kappa shape index (κ1) is 41.4. The van der Waals surface area contributed by atoms with Crippen LogP contribution in [0.25, 0.3) is 55.6 Å². The highest BCUT2D eigenvalue weighted by molar-refractivity contribution is 5.93. The molecule has 0 saturated carbocycles. The van der Waals surface area contributed by atoms with Crippen LogP contribution in [-0.2, 0) is 10.8 Å². The van der Waals surface area contributed by atoms with E-state index in [4.69, 9.17) is 0 Å². The van der Waals surface area contributed by atoms with Crippen molar-refractivity contribution in [1.82, 2.24) is 0 Å². The molecule has 0 bridgehead atoms. The number of para-hydroxylation sites is 1. The second-order valence-electron chi connectivity index (χ2n) is 18.9. The van der Waals surface area contributed by atoms with Crippen LogP contribution in [0.1, 0.15) is 45.9 Å². The third kappa shape index (κ3) is 6.46. The summed E-state index contributed by atoms with van der Waals surface area (Å²) in [5.74, 6) is 0. The molecule has 1 atom stereocenters. The smallest absolute Gasteiger partial charge is 0.0713 e. The van der Waals surface area contributed by atoms with Gasteiger partial charge < -0.3 is 4.90 Å². The van der Waals surface area contributed by atoms with Crippen LogP contribution in [0.2, 0.25) is 0 Å². The molecule has 0 amide bonds. The minimum absolute atomic E-state index is 0.302. The fourth-order valence-electron chi connectivity index (χ4n) is 11.9. The second-order valence-corrected chi connectivity index (χ2v) is 18.9. The Kier molecular flexibility index (Phi) is 9.92. The second kappa shape index (κ2) is 16.8. The summed E-state index contributed by atoms with van der Waals surface area (Å²) in [6.07, 6.45) is 0. The van der Waals surface area contributed by atoms with Crippen LogP contribution >= 0.6 is 0 Å². The third-order valence-electron chi connectivity index (χ3n) is 15.3. The lowest BCUT2D eigenvalue weighted by Crippen LogP contribution is -2.28. The van der Waals surface area contributed by atoms with E-state index in [2.05, 4.69) is 291 Å². The van der Waals surface area contributed by atoms with Crippen molar-refractivity contribution in [2.24, 2.45) is 0 Å². The van der Waals surface area contributed by atoms with E-state index < -0.39 is 5.41 Å². The minimum Gasteiger partial charge on any atom is -0.310 e. The predicted molar refractivity (Wildman–Crippen MR) is 292 cm³/mol. The minimum atomic E-state index is -0.463. The van der Waals surface area contributed by atoms with Gasteiger partial charge in [-0.25, -0.2) is 0 Å². The molecule has 2 aliphatic rings. The maximum absolute atomic E-state index is 2.46. The lowest BCUT2D eigenvalue weighted by Gasteiger charge is -2.34. The quantitative estimate of drug-likeness (QED) is 0.140. The molecule has 13 rings (SSSR count). The molecule has 0 fully saturated rings. The molecule has 0 aliphatic heterocycles. The van der Waals surface area contributed by atoms with Crippen molar-refractivity contribution in [2.75, 3.05) is 4.90 Å². The Labute approximate surface area is 411 Å². The summed E-state index contributed by atoms with van der Waals surface area (Å²) in [6, 6.07) is 103. The van der Waals surface area contributed by atoms with Crippen LogP contribution in [0, 0.1) is 0 Å². The topological polar surface area (TPSA) is 3.24 Å². The number of nitrogens with zero attached hydrogens (tertiary/aromatic N) is 1. The molecule has 0 heterocycles. The highest BCUT2D eigenvalue weighted by atomic mass is 15.1. The number of anilines is 3. The highest BCUT2D eigenvalue weighted by Crippen LogP contribution is 2.57. The Morgan fingerprint density at radius 2 is 0.643 bits per heavy atom. The van der Waals surface area contributed by atoms with Crippen LogP contribution in [0.15, 0.2) is 279 Å². The van der Waals surface area contributed by atoms with E-state index in [1.165, 1.54) is 94.6 Å². The maximum Gasteiger partial charge on any atom is 0.0713 e. The van der Waals surface area contributed by atoms with Crippen LogP contribution in [-0.4, -0.2) is 0 Å². The van der Waals surface area contributed by atoms with Gasteiger partial charge in [0.15, 0.2) is 0 Å². The SMILES string of the molecule is CC1(c2ccccc2)c2ccccc2-c2ccc(-c3ccccc3N(c3ccc(-c4ccccc4)cc3)c3ccc(-c4ccc5c(c4)C(c4ccccc4)(c4ccccc4)c4ccccc4-5)cc3)cc21. The molecular weight excluding hydrogens is 843 g/mol. The number of hydrogen-bond acceptors (Lipinski definition) is 1.